The SMILES string of the molecule is C.C.COc1ccc(CN(c2nncs2)S(=O)(=O)c2ccc(F)cc2)c(OC)c1.COc1ccc(CN(c2nncs2)S(=O)(=O)c2ccc(Oc3cc(C)cc(C(F)(F)F)c3)cc2)c(OC)c1.Cc1cc(O)cc(C(F)(F)F)c1.Cc1cc(Oc2ccc(S(=O)(=O)Nc3nncs3)cc2)cc(C(F)(F)F)c1. The Labute approximate surface area is 615 Å². The van der Waals surface area contributed by atoms with Crippen LogP contribution in [0.25, 0.3) is 0 Å². The molecule has 0 atom stereocenters. The minimum atomic E-state index is -4.53. The first-order valence-electron chi connectivity index (χ1n) is 29.3. The Hall–Kier alpha value is -10.4. The number of alkyl halides is 9. The minimum Gasteiger partial charge on any atom is -0.508 e. The topological polar surface area (TPSA) is 274 Å². The van der Waals surface area contributed by atoms with Gasteiger partial charge in [-0.2, -0.15) is 39.5 Å². The fraction of sp³-hybridized carbons (Fsp3) is 0.206. The van der Waals surface area contributed by atoms with E-state index in [-0.39, 0.29) is 86.8 Å². The van der Waals surface area contributed by atoms with Crippen molar-refractivity contribution in [3.8, 4) is 51.7 Å². The first-order chi connectivity index (χ1) is 49.0. The number of ether oxygens (including phenoxy) is 6. The number of phenolic OH excluding ortho intramolecular Hbond substituents is 1. The summed E-state index contributed by atoms with van der Waals surface area (Å²) < 4.78 is 242. The van der Waals surface area contributed by atoms with Crippen LogP contribution in [0.15, 0.2) is 195 Å². The number of hydrogen-bond donors (Lipinski definition) is 2. The number of aryl methyl sites for hydroxylation is 3. The molecule has 2 N–H and O–H groups in total. The second-order valence-corrected chi connectivity index (χ2v) is 29.3. The van der Waals surface area contributed by atoms with Crippen LogP contribution in [0.2, 0.25) is 0 Å². The molecule has 8 aromatic carbocycles. The smallest absolute Gasteiger partial charge is 0.416 e. The molecule has 0 bridgehead atoms. The fourth-order valence-corrected chi connectivity index (χ4v) is 15.1. The summed E-state index contributed by atoms with van der Waals surface area (Å²) in [6.45, 7) is 4.40. The van der Waals surface area contributed by atoms with E-state index in [9.17, 15) is 69.2 Å². The molecule has 38 heteroatoms. The maximum Gasteiger partial charge on any atom is 0.416 e. The number of rotatable bonds is 21. The zero-order valence-electron chi connectivity index (χ0n) is 54.9. The summed E-state index contributed by atoms with van der Waals surface area (Å²) in [7, 11) is -5.99. The van der Waals surface area contributed by atoms with Gasteiger partial charge in [-0.3, -0.25) is 4.72 Å². The van der Waals surface area contributed by atoms with Gasteiger partial charge in [-0.15, -0.1) is 30.6 Å². The number of anilines is 3. The predicted octanol–water partition coefficient (Wildman–Crippen LogP) is 17.6. The predicted molar refractivity (Wildman–Crippen MR) is 379 cm³/mol. The Morgan fingerprint density at radius 3 is 1.13 bits per heavy atom. The lowest BCUT2D eigenvalue weighted by Crippen LogP contribution is -2.30. The Balaban J connectivity index is 0.000000232. The van der Waals surface area contributed by atoms with E-state index in [0.717, 1.165) is 85.1 Å². The van der Waals surface area contributed by atoms with Crippen molar-refractivity contribution in [3.63, 3.8) is 0 Å². The van der Waals surface area contributed by atoms with E-state index in [0.29, 0.717) is 56.9 Å². The molecule has 0 unspecified atom stereocenters. The highest BCUT2D eigenvalue weighted by molar-refractivity contribution is 7.93. The van der Waals surface area contributed by atoms with Gasteiger partial charge in [0.2, 0.25) is 15.4 Å². The Morgan fingerprint density at radius 1 is 0.425 bits per heavy atom. The quantitative estimate of drug-likeness (QED) is 0.0633. The van der Waals surface area contributed by atoms with Crippen LogP contribution in [0.1, 0.15) is 59.4 Å². The van der Waals surface area contributed by atoms with Crippen molar-refractivity contribution >= 4 is 79.5 Å². The molecule has 3 heterocycles. The van der Waals surface area contributed by atoms with Crippen molar-refractivity contribution in [2.24, 2.45) is 0 Å². The molecule has 0 aliphatic carbocycles. The van der Waals surface area contributed by atoms with E-state index in [2.05, 4.69) is 35.3 Å². The molecule has 0 saturated carbocycles. The van der Waals surface area contributed by atoms with E-state index in [1.54, 1.807) is 36.4 Å². The Bertz CT molecular complexity index is 5020. The van der Waals surface area contributed by atoms with Gasteiger partial charge in [0, 0.05) is 23.3 Å². The first-order valence-corrected chi connectivity index (χ1v) is 36.4. The molecule has 566 valence electrons. The standard InChI is InChI=1S/C25H22F3N3O5S2.C17H16FN3O4S2.C16H12F3N3O3S2.C8H7F3O.2CH4/c1-16-10-18(25(26,27)28)12-21(11-16)36-19-6-8-22(9-7-19)38(32,33)31(24-30-29-15-37-24)14-17-4-5-20(34-2)13-23(17)35-3;1-24-14-6-3-12(16(9-14)25-2)10-21(17-20-19-11-26-17)27(22,23)15-7-4-13(18)5-8-15;1-10-6-11(16(17,18)19)8-13(7-10)25-12-2-4-14(5-3-12)27(23,24)22-15-21-20-9-26-15;1-5-2-6(8(9,10)11)4-7(12)3-5;;/h4-13,15H,14H2,1-3H3;3-9,11H,10H2,1-2H3;2-9H,1H3,(H,21,22);2-4,12H,1H3;2*1H4. The molecular weight excluding hydrogens is 1530 g/mol. The van der Waals surface area contributed by atoms with E-state index in [4.69, 9.17) is 33.5 Å². The van der Waals surface area contributed by atoms with E-state index in [1.165, 1.54) is 145 Å². The van der Waals surface area contributed by atoms with Crippen molar-refractivity contribution in [1.29, 1.82) is 0 Å². The Morgan fingerprint density at radius 2 is 0.783 bits per heavy atom. The molecule has 22 nitrogen and oxygen atoms in total. The average molecular weight is 1600 g/mol. The molecular formula is C68H65F10N9O13S6. The number of aromatic hydroxyl groups is 1. The monoisotopic (exact) mass is 1600 g/mol. The normalized spacial score (nSPS) is 11.4. The number of hydrogen-bond acceptors (Lipinski definition) is 22. The maximum absolute atomic E-state index is 13.7. The summed E-state index contributed by atoms with van der Waals surface area (Å²) >= 11 is 3.15. The summed E-state index contributed by atoms with van der Waals surface area (Å²) in [6, 6.07) is 35.0. The molecule has 11 rings (SSSR count). The van der Waals surface area contributed by atoms with Crippen molar-refractivity contribution in [3.05, 3.63) is 231 Å². The third-order valence-corrected chi connectivity index (χ3v) is 21.1. The van der Waals surface area contributed by atoms with Crippen molar-refractivity contribution in [1.82, 2.24) is 30.6 Å². The summed E-state index contributed by atoms with van der Waals surface area (Å²) in [5, 5.41) is 31.8. The van der Waals surface area contributed by atoms with Gasteiger partial charge in [-0.25, -0.2) is 38.3 Å². The number of sulfonamides is 3. The van der Waals surface area contributed by atoms with Crippen LogP contribution in [0, 0.1) is 26.6 Å². The zero-order valence-corrected chi connectivity index (χ0v) is 59.8. The summed E-state index contributed by atoms with van der Waals surface area (Å²) in [5.41, 5.74) is 4.08. The average Bonchev–Trinajstić information content (AvgIpc) is 1.28. The Kier molecular flexibility index (Phi) is 28.8. The van der Waals surface area contributed by atoms with Gasteiger partial charge >= 0.3 is 18.5 Å². The molecule has 0 spiro atoms. The first kappa shape index (κ1) is 84.5. The number of phenols is 1. The highest BCUT2D eigenvalue weighted by Crippen LogP contribution is 2.39. The number of benzene rings is 8. The lowest BCUT2D eigenvalue weighted by atomic mass is 10.1. The van der Waals surface area contributed by atoms with E-state index >= 15 is 0 Å². The molecule has 0 radical (unpaired) electrons. The molecule has 0 fully saturated rings. The van der Waals surface area contributed by atoms with Gasteiger partial charge in [0.15, 0.2) is 0 Å². The lowest BCUT2D eigenvalue weighted by molar-refractivity contribution is -0.138. The van der Waals surface area contributed by atoms with Crippen molar-refractivity contribution in [2.45, 2.75) is 81.9 Å². The van der Waals surface area contributed by atoms with Gasteiger partial charge in [0.25, 0.3) is 30.1 Å². The number of aromatic nitrogens is 6. The summed E-state index contributed by atoms with van der Waals surface area (Å²) in [6.07, 6.45) is -13.4. The van der Waals surface area contributed by atoms with Crippen LogP contribution in [0.5, 0.6) is 51.7 Å². The van der Waals surface area contributed by atoms with Crippen LogP contribution in [-0.2, 0) is 61.7 Å². The largest absolute Gasteiger partial charge is 0.508 e. The third-order valence-electron chi connectivity index (χ3n) is 13.9. The molecule has 0 saturated heterocycles. The molecule has 0 aliphatic heterocycles. The van der Waals surface area contributed by atoms with E-state index in [1.807, 2.05) is 0 Å². The molecule has 106 heavy (non-hydrogen) atoms. The van der Waals surface area contributed by atoms with Crippen LogP contribution >= 0.6 is 34.0 Å². The van der Waals surface area contributed by atoms with Gasteiger partial charge in [-0.1, -0.05) is 48.9 Å². The maximum atomic E-state index is 13.7. The molecule has 0 aliphatic rings. The van der Waals surface area contributed by atoms with Crippen LogP contribution in [0.4, 0.5) is 59.3 Å². The zero-order chi connectivity index (χ0) is 76.0. The third kappa shape index (κ3) is 22.8. The van der Waals surface area contributed by atoms with Crippen LogP contribution in [-0.4, -0.2) is 89.4 Å². The lowest BCUT2D eigenvalue weighted by Gasteiger charge is -2.22. The van der Waals surface area contributed by atoms with Gasteiger partial charge in [0.1, 0.15) is 74.1 Å². The molecule has 0 amide bonds. The summed E-state index contributed by atoms with van der Waals surface area (Å²) in [5.74, 6) is 1.50. The summed E-state index contributed by atoms with van der Waals surface area (Å²) in [4.78, 5) is -0.176. The molecule has 3 aromatic heterocycles. The number of nitrogens with zero attached hydrogens (tertiary/aromatic N) is 8. The second kappa shape index (κ2) is 36.1. The van der Waals surface area contributed by atoms with Gasteiger partial charge < -0.3 is 33.5 Å². The highest BCUT2D eigenvalue weighted by Gasteiger charge is 2.35. The van der Waals surface area contributed by atoms with Gasteiger partial charge in [0.05, 0.1) is 72.9 Å². The van der Waals surface area contributed by atoms with Crippen LogP contribution in [0.3, 0.4) is 0 Å². The van der Waals surface area contributed by atoms with Gasteiger partial charge in [-0.05, 0) is 189 Å². The van der Waals surface area contributed by atoms with E-state index < -0.39 is 71.1 Å². The second-order valence-electron chi connectivity index (χ2n) is 21.4. The van der Waals surface area contributed by atoms with Crippen molar-refractivity contribution < 1.29 is 103 Å². The van der Waals surface area contributed by atoms with Crippen molar-refractivity contribution in [2.75, 3.05) is 41.8 Å². The highest BCUT2D eigenvalue weighted by atomic mass is 32.2. The van der Waals surface area contributed by atoms with Crippen LogP contribution < -0.4 is 41.8 Å². The fourth-order valence-electron chi connectivity index (χ4n) is 9.10. The number of halogens is 10. The number of methoxy groups -OCH3 is 4. The minimum absolute atomic E-state index is 0. The molecule has 11 aromatic rings. The number of nitrogens with one attached hydrogen (secondary N) is 1.